The molecule has 0 saturated carbocycles. The third-order valence-corrected chi connectivity index (χ3v) is 4.31. The number of ether oxygens (including phenoxy) is 2. The van der Waals surface area contributed by atoms with Crippen molar-refractivity contribution in [3.05, 3.63) is 46.9 Å². The molecule has 0 amide bonds. The van der Waals surface area contributed by atoms with E-state index in [1.807, 2.05) is 20.8 Å². The molecule has 130 valence electrons. The number of ketones is 1. The normalized spacial score (nSPS) is 22.6. The summed E-state index contributed by atoms with van der Waals surface area (Å²) in [7, 11) is 0. The van der Waals surface area contributed by atoms with Gasteiger partial charge in [0.25, 0.3) is 0 Å². The lowest BCUT2D eigenvalue weighted by Gasteiger charge is -2.36. The van der Waals surface area contributed by atoms with E-state index < -0.39 is 5.92 Å². The van der Waals surface area contributed by atoms with E-state index in [4.69, 9.17) is 13.9 Å². The van der Waals surface area contributed by atoms with Crippen LogP contribution in [0.15, 0.2) is 50.8 Å². The predicted molar refractivity (Wildman–Crippen MR) is 90.3 cm³/mol. The van der Waals surface area contributed by atoms with Crippen molar-refractivity contribution >= 4 is 12.2 Å². The summed E-state index contributed by atoms with van der Waals surface area (Å²) in [5.74, 6) is 0.226. The van der Waals surface area contributed by atoms with Gasteiger partial charge >= 0.3 is 0 Å². The lowest BCUT2D eigenvalue weighted by Crippen LogP contribution is -2.32. The smallest absolute Gasteiger partial charge is 0.236 e. The van der Waals surface area contributed by atoms with Crippen molar-refractivity contribution in [3.8, 4) is 6.07 Å². The van der Waals surface area contributed by atoms with Crippen LogP contribution in [-0.2, 0) is 14.3 Å². The van der Waals surface area contributed by atoms with Crippen LogP contribution in [0.25, 0.3) is 0 Å². The molecule has 0 bridgehead atoms. The summed E-state index contributed by atoms with van der Waals surface area (Å²) in [6.07, 6.45) is 5.37. The Hall–Kier alpha value is -2.81. The van der Waals surface area contributed by atoms with E-state index in [0.717, 1.165) is 5.56 Å². The minimum Gasteiger partial charge on any atom is -0.483 e. The lowest BCUT2D eigenvalue weighted by molar-refractivity contribution is -0.119. The fourth-order valence-corrected chi connectivity index (χ4v) is 3.27. The molecule has 2 heterocycles. The van der Waals surface area contributed by atoms with E-state index in [9.17, 15) is 10.1 Å². The molecule has 6 heteroatoms. The fourth-order valence-electron chi connectivity index (χ4n) is 3.27. The zero-order valence-electron chi connectivity index (χ0n) is 14.5. The van der Waals surface area contributed by atoms with Gasteiger partial charge in [0.05, 0.1) is 25.1 Å². The Labute approximate surface area is 146 Å². The third kappa shape index (κ3) is 3.22. The quantitative estimate of drug-likeness (QED) is 0.614. The Kier molecular flexibility index (Phi) is 4.49. The summed E-state index contributed by atoms with van der Waals surface area (Å²) in [6, 6.07) is 3.91. The average Bonchev–Trinajstić information content (AvgIpc) is 3.06. The molecule has 3 rings (SSSR count). The van der Waals surface area contributed by atoms with E-state index in [2.05, 4.69) is 11.1 Å². The maximum atomic E-state index is 12.8. The summed E-state index contributed by atoms with van der Waals surface area (Å²) in [5.41, 5.74) is 1.36. The van der Waals surface area contributed by atoms with Crippen molar-refractivity contribution in [2.45, 2.75) is 39.5 Å². The maximum Gasteiger partial charge on any atom is 0.236 e. The molecule has 0 saturated heterocycles. The van der Waals surface area contributed by atoms with E-state index in [1.54, 1.807) is 12.3 Å². The van der Waals surface area contributed by atoms with E-state index >= 15 is 0 Å². The van der Waals surface area contributed by atoms with Gasteiger partial charge in [-0.1, -0.05) is 13.8 Å². The highest BCUT2D eigenvalue weighted by atomic mass is 16.5. The average molecular weight is 340 g/mol. The number of hydrogen-bond acceptors (Lipinski definition) is 6. The van der Waals surface area contributed by atoms with E-state index in [-0.39, 0.29) is 22.7 Å². The second-order valence-corrected chi connectivity index (χ2v) is 6.89. The highest BCUT2D eigenvalue weighted by molar-refractivity contribution is 6.00. The molecular weight excluding hydrogens is 320 g/mol. The standard InChI is InChI=1S/C19H20N2O4/c1-4-23-11-21-18-13(9-20)16(12-5-6-24-10-12)17-14(22)7-19(2,3)8-15(17)25-18/h5-6,10-11,16H,4,7-8H2,1-3H3/b21-11+. The number of nitrogens with zero attached hydrogens (tertiary/aromatic N) is 2. The molecule has 1 atom stereocenters. The van der Waals surface area contributed by atoms with Crippen LogP contribution in [0.3, 0.4) is 0 Å². The molecule has 1 aromatic heterocycles. The second-order valence-electron chi connectivity index (χ2n) is 6.89. The molecule has 25 heavy (non-hydrogen) atoms. The molecule has 1 aromatic rings. The maximum absolute atomic E-state index is 12.8. The van der Waals surface area contributed by atoms with Crippen molar-refractivity contribution in [3.63, 3.8) is 0 Å². The van der Waals surface area contributed by atoms with Gasteiger partial charge < -0.3 is 13.9 Å². The van der Waals surface area contributed by atoms with Gasteiger partial charge in [0.2, 0.25) is 5.88 Å². The molecule has 1 aliphatic heterocycles. The molecule has 2 aliphatic rings. The molecule has 0 fully saturated rings. The van der Waals surface area contributed by atoms with Gasteiger partial charge in [0, 0.05) is 24.0 Å². The van der Waals surface area contributed by atoms with Crippen molar-refractivity contribution < 1.29 is 18.7 Å². The first kappa shape index (κ1) is 17.0. The summed E-state index contributed by atoms with van der Waals surface area (Å²) >= 11 is 0. The van der Waals surface area contributed by atoms with Crippen molar-refractivity contribution in [2.24, 2.45) is 10.4 Å². The number of nitriles is 1. The van der Waals surface area contributed by atoms with Crippen LogP contribution in [0.4, 0.5) is 0 Å². The summed E-state index contributed by atoms with van der Waals surface area (Å²) in [5, 5.41) is 9.70. The minimum absolute atomic E-state index is 0.00182. The zero-order valence-corrected chi connectivity index (χ0v) is 14.5. The van der Waals surface area contributed by atoms with Crippen LogP contribution < -0.4 is 0 Å². The molecule has 1 aliphatic carbocycles. The van der Waals surface area contributed by atoms with Gasteiger partial charge in [-0.05, 0) is 18.4 Å². The van der Waals surface area contributed by atoms with E-state index in [0.29, 0.717) is 30.8 Å². The molecule has 1 unspecified atom stereocenters. The Bertz CT molecular complexity index is 807. The fraction of sp³-hybridized carbons (Fsp3) is 0.421. The summed E-state index contributed by atoms with van der Waals surface area (Å²) in [6.45, 7) is 6.35. The topological polar surface area (TPSA) is 84.8 Å². The van der Waals surface area contributed by atoms with Gasteiger partial charge in [-0.2, -0.15) is 10.3 Å². The molecule has 0 aromatic carbocycles. The first-order valence-electron chi connectivity index (χ1n) is 8.21. The van der Waals surface area contributed by atoms with Gasteiger partial charge in [-0.25, -0.2) is 0 Å². The number of Topliss-reactive ketones (excluding diaryl/α,β-unsaturated/α-hetero) is 1. The van der Waals surface area contributed by atoms with Gasteiger partial charge in [0.15, 0.2) is 12.2 Å². The number of carbonyl (C=O) groups excluding carboxylic acids is 1. The zero-order chi connectivity index (χ0) is 18.0. The molecule has 0 N–H and O–H groups in total. The van der Waals surface area contributed by atoms with Gasteiger partial charge in [-0.15, -0.1) is 0 Å². The SMILES string of the molecule is CCO/C=N/C1=C(C#N)C(c2ccoc2)C2=C(CC(C)(C)CC2=O)O1. The van der Waals surface area contributed by atoms with Crippen LogP contribution in [-0.4, -0.2) is 18.8 Å². The van der Waals surface area contributed by atoms with Gasteiger partial charge in [-0.3, -0.25) is 4.79 Å². The predicted octanol–water partition coefficient (Wildman–Crippen LogP) is 3.84. The van der Waals surface area contributed by atoms with Crippen molar-refractivity contribution in [1.82, 2.24) is 0 Å². The third-order valence-electron chi connectivity index (χ3n) is 4.31. The van der Waals surface area contributed by atoms with Crippen LogP contribution in [0, 0.1) is 16.7 Å². The number of allylic oxidation sites excluding steroid dienone is 3. The molecule has 6 nitrogen and oxygen atoms in total. The van der Waals surface area contributed by atoms with Gasteiger partial charge in [0.1, 0.15) is 17.4 Å². The van der Waals surface area contributed by atoms with Crippen molar-refractivity contribution in [2.75, 3.05) is 6.61 Å². The Morgan fingerprint density at radius 1 is 1.48 bits per heavy atom. The van der Waals surface area contributed by atoms with Crippen LogP contribution in [0.5, 0.6) is 0 Å². The monoisotopic (exact) mass is 340 g/mol. The van der Waals surface area contributed by atoms with Crippen LogP contribution >= 0.6 is 0 Å². The number of carbonyl (C=O) groups is 1. The number of furan rings is 1. The van der Waals surface area contributed by atoms with Crippen LogP contribution in [0.1, 0.15) is 45.1 Å². The minimum atomic E-state index is -0.523. The Balaban J connectivity index is 2.13. The molecule has 0 spiro atoms. The summed E-state index contributed by atoms with van der Waals surface area (Å²) in [4.78, 5) is 17.0. The first-order chi connectivity index (χ1) is 12.0. The summed E-state index contributed by atoms with van der Waals surface area (Å²) < 4.78 is 16.2. The highest BCUT2D eigenvalue weighted by Crippen LogP contribution is 2.48. The lowest BCUT2D eigenvalue weighted by atomic mass is 9.70. The Morgan fingerprint density at radius 2 is 2.28 bits per heavy atom. The number of aliphatic imine (C=N–C) groups is 1. The number of rotatable bonds is 4. The number of hydrogen-bond donors (Lipinski definition) is 0. The second kappa shape index (κ2) is 6.60. The Morgan fingerprint density at radius 3 is 2.92 bits per heavy atom. The molecule has 0 radical (unpaired) electrons. The first-order valence-corrected chi connectivity index (χ1v) is 8.21. The highest BCUT2D eigenvalue weighted by Gasteiger charge is 2.43. The van der Waals surface area contributed by atoms with E-state index in [1.165, 1.54) is 12.7 Å². The molecular formula is C19H20N2O4. The van der Waals surface area contributed by atoms with Crippen LogP contribution in [0.2, 0.25) is 0 Å². The van der Waals surface area contributed by atoms with Crippen molar-refractivity contribution in [1.29, 1.82) is 5.26 Å². The largest absolute Gasteiger partial charge is 0.483 e.